The fourth-order valence-corrected chi connectivity index (χ4v) is 6.46. The van der Waals surface area contributed by atoms with Gasteiger partial charge in [-0.1, -0.05) is 71.2 Å². The van der Waals surface area contributed by atoms with E-state index in [0.717, 1.165) is 27.9 Å². The number of carbonyl (C=O) groups excluding carboxylic acids is 2. The van der Waals surface area contributed by atoms with Crippen LogP contribution in [-0.4, -0.2) is 29.1 Å². The molecule has 0 aliphatic carbocycles. The monoisotopic (exact) mass is 511 g/mol. The average molecular weight is 512 g/mol. The molecule has 1 fully saturated rings. The van der Waals surface area contributed by atoms with E-state index >= 15 is 0 Å². The Labute approximate surface area is 213 Å². The number of rotatable bonds is 4. The summed E-state index contributed by atoms with van der Waals surface area (Å²) >= 11 is 14.2. The van der Waals surface area contributed by atoms with E-state index in [0.29, 0.717) is 35.4 Å². The molecule has 1 saturated heterocycles. The first-order valence-corrected chi connectivity index (χ1v) is 12.7. The van der Waals surface area contributed by atoms with Gasteiger partial charge in [-0.2, -0.15) is 0 Å². The number of anilines is 1. The molecule has 1 N–H and O–H groups in total. The smallest absolute Gasteiger partial charge is 0.319 e. The van der Waals surface area contributed by atoms with Crippen LogP contribution >= 0.6 is 35.0 Å². The Morgan fingerprint density at radius 1 is 1.09 bits per heavy atom. The lowest BCUT2D eigenvalue weighted by Crippen LogP contribution is -2.53. The van der Waals surface area contributed by atoms with Crippen molar-refractivity contribution in [1.29, 1.82) is 0 Å². The molecular weight excluding hydrogens is 489 g/mol. The lowest BCUT2D eigenvalue weighted by atomic mass is 10.1. The predicted octanol–water partition coefficient (Wildman–Crippen LogP) is 5.96. The Morgan fingerprint density at radius 2 is 1.91 bits per heavy atom. The van der Waals surface area contributed by atoms with Crippen molar-refractivity contribution in [2.24, 2.45) is 0 Å². The SMILES string of the molecule is Cc1cccc(CNC(=O)N2CCSC23C(=O)N(Cc2ccccc2Cl)c2ccc(Cl)cc23)c1. The molecule has 1 spiro atoms. The number of fused-ring (bicyclic) bond motifs is 2. The van der Waals surface area contributed by atoms with Crippen LogP contribution in [0, 0.1) is 6.92 Å². The first kappa shape index (κ1) is 23.1. The largest absolute Gasteiger partial charge is 0.334 e. The van der Waals surface area contributed by atoms with Gasteiger partial charge in [-0.25, -0.2) is 4.79 Å². The van der Waals surface area contributed by atoms with Gasteiger partial charge in [0, 0.05) is 34.5 Å². The van der Waals surface area contributed by atoms with Gasteiger partial charge in [-0.05, 0) is 42.3 Å². The van der Waals surface area contributed by atoms with E-state index in [1.165, 1.54) is 11.8 Å². The summed E-state index contributed by atoms with van der Waals surface area (Å²) in [6.45, 7) is 3.18. The fourth-order valence-electron chi connectivity index (χ4n) is 4.64. The summed E-state index contributed by atoms with van der Waals surface area (Å²) in [5, 5.41) is 4.13. The Balaban J connectivity index is 1.48. The summed E-state index contributed by atoms with van der Waals surface area (Å²) in [6, 6.07) is 20.6. The van der Waals surface area contributed by atoms with Gasteiger partial charge in [-0.3, -0.25) is 9.69 Å². The van der Waals surface area contributed by atoms with Gasteiger partial charge in [0.25, 0.3) is 5.91 Å². The molecule has 1 atom stereocenters. The lowest BCUT2D eigenvalue weighted by Gasteiger charge is -2.33. The van der Waals surface area contributed by atoms with Crippen molar-refractivity contribution in [3.63, 3.8) is 0 Å². The van der Waals surface area contributed by atoms with Crippen LogP contribution in [0.3, 0.4) is 0 Å². The molecule has 5 nitrogen and oxygen atoms in total. The first-order chi connectivity index (χ1) is 16.4. The Kier molecular flexibility index (Phi) is 6.23. The zero-order valence-electron chi connectivity index (χ0n) is 18.6. The molecule has 0 bridgehead atoms. The van der Waals surface area contributed by atoms with Crippen molar-refractivity contribution in [3.8, 4) is 0 Å². The molecule has 34 heavy (non-hydrogen) atoms. The highest BCUT2D eigenvalue weighted by molar-refractivity contribution is 8.01. The zero-order chi connectivity index (χ0) is 23.9. The van der Waals surface area contributed by atoms with E-state index in [4.69, 9.17) is 23.2 Å². The number of urea groups is 1. The summed E-state index contributed by atoms with van der Waals surface area (Å²) in [6.07, 6.45) is 0. The van der Waals surface area contributed by atoms with Gasteiger partial charge < -0.3 is 10.2 Å². The minimum Gasteiger partial charge on any atom is -0.334 e. The van der Waals surface area contributed by atoms with Gasteiger partial charge >= 0.3 is 6.03 Å². The lowest BCUT2D eigenvalue weighted by molar-refractivity contribution is -0.123. The minimum absolute atomic E-state index is 0.155. The number of hydrogen-bond donors (Lipinski definition) is 1. The molecule has 2 heterocycles. The second kappa shape index (κ2) is 9.17. The minimum atomic E-state index is -1.15. The van der Waals surface area contributed by atoms with Gasteiger partial charge in [0.2, 0.25) is 0 Å². The number of carbonyl (C=O) groups is 2. The highest BCUT2D eigenvalue weighted by Gasteiger charge is 2.59. The van der Waals surface area contributed by atoms with E-state index in [1.807, 2.05) is 61.5 Å². The van der Waals surface area contributed by atoms with Crippen LogP contribution < -0.4 is 10.2 Å². The molecular formula is C26H23Cl2N3O2S. The molecule has 2 aliphatic rings. The third-order valence-electron chi connectivity index (χ3n) is 6.21. The second-order valence-electron chi connectivity index (χ2n) is 8.44. The van der Waals surface area contributed by atoms with Gasteiger partial charge in [0.15, 0.2) is 4.87 Å². The summed E-state index contributed by atoms with van der Waals surface area (Å²) < 4.78 is 0. The standard InChI is InChI=1S/C26H23Cl2N3O2S/c1-17-5-4-6-18(13-17)15-29-25(33)31-11-12-34-26(31)21-14-20(27)9-10-23(21)30(24(26)32)16-19-7-2-3-8-22(19)28/h2-10,13-14H,11-12,15-16H2,1H3,(H,29,33). The maximum atomic E-state index is 14.0. The van der Waals surface area contributed by atoms with E-state index in [1.54, 1.807) is 21.9 Å². The molecule has 3 aromatic rings. The molecule has 8 heteroatoms. The number of benzene rings is 3. The molecule has 5 rings (SSSR count). The topological polar surface area (TPSA) is 52.7 Å². The quantitative estimate of drug-likeness (QED) is 0.470. The molecule has 2 aliphatic heterocycles. The second-order valence-corrected chi connectivity index (χ2v) is 10.6. The Bertz CT molecular complexity index is 1280. The van der Waals surface area contributed by atoms with Gasteiger partial charge in [0.05, 0.1) is 12.2 Å². The molecule has 0 radical (unpaired) electrons. The number of amides is 3. The normalized spacial score (nSPS) is 19.1. The Morgan fingerprint density at radius 3 is 2.71 bits per heavy atom. The highest BCUT2D eigenvalue weighted by atomic mass is 35.5. The van der Waals surface area contributed by atoms with E-state index in [2.05, 4.69) is 5.32 Å². The zero-order valence-corrected chi connectivity index (χ0v) is 20.9. The van der Waals surface area contributed by atoms with E-state index in [9.17, 15) is 9.59 Å². The van der Waals surface area contributed by atoms with Crippen molar-refractivity contribution in [2.45, 2.75) is 24.9 Å². The van der Waals surface area contributed by atoms with Crippen molar-refractivity contribution in [2.75, 3.05) is 17.2 Å². The van der Waals surface area contributed by atoms with E-state index < -0.39 is 4.87 Å². The summed E-state index contributed by atoms with van der Waals surface area (Å²) in [7, 11) is 0. The predicted molar refractivity (Wildman–Crippen MR) is 138 cm³/mol. The van der Waals surface area contributed by atoms with Crippen molar-refractivity contribution in [3.05, 3.63) is 99.0 Å². The fraction of sp³-hybridized carbons (Fsp3) is 0.231. The van der Waals surface area contributed by atoms with Gasteiger partial charge in [0.1, 0.15) is 0 Å². The highest BCUT2D eigenvalue weighted by Crippen LogP contribution is 2.55. The van der Waals surface area contributed by atoms with Crippen LogP contribution in [0.25, 0.3) is 0 Å². The summed E-state index contributed by atoms with van der Waals surface area (Å²) in [4.78, 5) is 29.7. The average Bonchev–Trinajstić information content (AvgIpc) is 3.36. The van der Waals surface area contributed by atoms with Crippen LogP contribution in [0.5, 0.6) is 0 Å². The molecule has 174 valence electrons. The van der Waals surface area contributed by atoms with Crippen molar-refractivity contribution in [1.82, 2.24) is 10.2 Å². The number of hydrogen-bond acceptors (Lipinski definition) is 3. The third-order valence-corrected chi connectivity index (χ3v) is 8.24. The molecule has 3 aromatic carbocycles. The van der Waals surface area contributed by atoms with E-state index in [-0.39, 0.29) is 11.9 Å². The summed E-state index contributed by atoms with van der Waals surface area (Å²) in [5.41, 5.74) is 4.47. The summed E-state index contributed by atoms with van der Waals surface area (Å²) in [5.74, 6) is 0.494. The molecule has 1 unspecified atom stereocenters. The van der Waals surface area contributed by atoms with Crippen molar-refractivity contribution < 1.29 is 9.59 Å². The number of thioether (sulfide) groups is 1. The number of nitrogens with one attached hydrogen (secondary N) is 1. The number of aryl methyl sites for hydroxylation is 1. The van der Waals surface area contributed by atoms with Crippen LogP contribution in [0.15, 0.2) is 66.7 Å². The number of halogens is 2. The van der Waals surface area contributed by atoms with Crippen LogP contribution in [0.1, 0.15) is 22.3 Å². The van der Waals surface area contributed by atoms with Crippen molar-refractivity contribution >= 4 is 52.6 Å². The maximum absolute atomic E-state index is 14.0. The molecule has 0 saturated carbocycles. The third kappa shape index (κ3) is 3.94. The van der Waals surface area contributed by atoms with Crippen LogP contribution in [0.2, 0.25) is 10.0 Å². The molecule has 0 aromatic heterocycles. The first-order valence-electron chi connectivity index (χ1n) is 11.0. The maximum Gasteiger partial charge on any atom is 0.319 e. The Hall–Kier alpha value is -2.67. The number of nitrogens with zero attached hydrogens (tertiary/aromatic N) is 2. The van der Waals surface area contributed by atoms with Gasteiger partial charge in [-0.15, -0.1) is 11.8 Å². The van der Waals surface area contributed by atoms with Crippen LogP contribution in [0.4, 0.5) is 10.5 Å². The van der Waals surface area contributed by atoms with Crippen LogP contribution in [-0.2, 0) is 22.8 Å². The molecule has 3 amide bonds.